The Bertz CT molecular complexity index is 666. The molecule has 1 atom stereocenters. The average Bonchev–Trinajstić information content (AvgIpc) is 2.67. The Kier molecular flexibility index (Phi) is 7.82. The van der Waals surface area contributed by atoms with Gasteiger partial charge >= 0.3 is 0 Å². The van der Waals surface area contributed by atoms with Crippen LogP contribution in [0, 0.1) is 11.8 Å². The fraction of sp³-hybridized carbons (Fsp3) is 0.571. The molecule has 3 amide bonds. The van der Waals surface area contributed by atoms with E-state index in [0.29, 0.717) is 17.7 Å². The maximum absolute atomic E-state index is 12.6. The summed E-state index contributed by atoms with van der Waals surface area (Å²) in [5.74, 6) is -0.180. The van der Waals surface area contributed by atoms with Crippen LogP contribution in [0.3, 0.4) is 0 Å². The first-order valence-electron chi connectivity index (χ1n) is 9.84. The first-order chi connectivity index (χ1) is 12.9. The molecule has 0 spiro atoms. The second kappa shape index (κ2) is 10.1. The Morgan fingerprint density at radius 1 is 1.11 bits per heavy atom. The molecule has 1 aliphatic rings. The van der Waals surface area contributed by atoms with Crippen molar-refractivity contribution in [2.45, 2.75) is 58.4 Å². The highest BCUT2D eigenvalue weighted by Gasteiger charge is 2.23. The number of nitrogens with one attached hydrogen (secondary N) is 3. The molecular weight excluding hydrogens is 342 g/mol. The number of hydrogen-bond donors (Lipinski definition) is 3. The molecule has 6 heteroatoms. The van der Waals surface area contributed by atoms with Gasteiger partial charge in [-0.3, -0.25) is 14.4 Å². The van der Waals surface area contributed by atoms with Gasteiger partial charge in [-0.25, -0.2) is 0 Å². The van der Waals surface area contributed by atoms with Gasteiger partial charge in [-0.15, -0.1) is 0 Å². The normalized spacial score (nSPS) is 15.9. The maximum atomic E-state index is 12.6. The van der Waals surface area contributed by atoms with E-state index in [-0.39, 0.29) is 29.6 Å². The third-order valence-electron chi connectivity index (χ3n) is 4.94. The van der Waals surface area contributed by atoms with E-state index in [9.17, 15) is 14.4 Å². The van der Waals surface area contributed by atoms with Crippen LogP contribution in [0.2, 0.25) is 0 Å². The zero-order chi connectivity index (χ0) is 19.8. The van der Waals surface area contributed by atoms with Crippen molar-refractivity contribution in [1.82, 2.24) is 10.6 Å². The van der Waals surface area contributed by atoms with E-state index < -0.39 is 6.04 Å². The van der Waals surface area contributed by atoms with Gasteiger partial charge < -0.3 is 16.0 Å². The highest BCUT2D eigenvalue weighted by molar-refractivity contribution is 5.99. The van der Waals surface area contributed by atoms with Crippen molar-refractivity contribution in [2.24, 2.45) is 11.8 Å². The van der Waals surface area contributed by atoms with Crippen LogP contribution in [0.25, 0.3) is 0 Å². The van der Waals surface area contributed by atoms with Crippen LogP contribution in [-0.4, -0.2) is 30.8 Å². The van der Waals surface area contributed by atoms with Crippen LogP contribution in [0.1, 0.15) is 62.7 Å². The summed E-state index contributed by atoms with van der Waals surface area (Å²) in [7, 11) is 1.56. The third-order valence-corrected chi connectivity index (χ3v) is 4.94. The number of carbonyl (C=O) groups excluding carboxylic acids is 3. The quantitative estimate of drug-likeness (QED) is 0.686. The lowest BCUT2D eigenvalue weighted by molar-refractivity contribution is -0.123. The molecule has 1 aliphatic carbocycles. The average molecular weight is 373 g/mol. The Labute approximate surface area is 161 Å². The minimum Gasteiger partial charge on any atom is -0.357 e. The summed E-state index contributed by atoms with van der Waals surface area (Å²) in [5.41, 5.74) is 1.03. The monoisotopic (exact) mass is 373 g/mol. The number of rotatable bonds is 7. The molecule has 1 fully saturated rings. The van der Waals surface area contributed by atoms with Crippen molar-refractivity contribution in [1.29, 1.82) is 0 Å². The van der Waals surface area contributed by atoms with Crippen LogP contribution >= 0.6 is 0 Å². The molecule has 1 saturated carbocycles. The Hall–Kier alpha value is -2.37. The van der Waals surface area contributed by atoms with Gasteiger partial charge in [0.2, 0.25) is 11.8 Å². The van der Waals surface area contributed by atoms with E-state index >= 15 is 0 Å². The predicted octanol–water partition coefficient (Wildman–Crippen LogP) is 3.10. The zero-order valence-corrected chi connectivity index (χ0v) is 16.5. The van der Waals surface area contributed by atoms with E-state index in [1.165, 1.54) is 6.42 Å². The molecule has 0 aliphatic heterocycles. The molecule has 1 unspecified atom stereocenters. The Balaban J connectivity index is 2.03. The fourth-order valence-electron chi connectivity index (χ4n) is 3.47. The van der Waals surface area contributed by atoms with Crippen molar-refractivity contribution in [2.75, 3.05) is 12.4 Å². The van der Waals surface area contributed by atoms with Gasteiger partial charge in [0.15, 0.2) is 0 Å². The highest BCUT2D eigenvalue weighted by Crippen LogP contribution is 2.25. The van der Waals surface area contributed by atoms with E-state index in [0.717, 1.165) is 25.7 Å². The molecule has 148 valence electrons. The Morgan fingerprint density at radius 3 is 2.44 bits per heavy atom. The van der Waals surface area contributed by atoms with Gasteiger partial charge in [0.05, 0.1) is 0 Å². The third kappa shape index (κ3) is 6.38. The topological polar surface area (TPSA) is 87.3 Å². The fourth-order valence-corrected chi connectivity index (χ4v) is 3.47. The maximum Gasteiger partial charge on any atom is 0.252 e. The van der Waals surface area contributed by atoms with Crippen molar-refractivity contribution in [3.63, 3.8) is 0 Å². The summed E-state index contributed by atoms with van der Waals surface area (Å²) < 4.78 is 0. The van der Waals surface area contributed by atoms with Crippen LogP contribution in [-0.2, 0) is 9.59 Å². The molecule has 6 nitrogen and oxygen atoms in total. The molecule has 0 radical (unpaired) electrons. The standard InChI is InChI=1S/C21H31N3O3/c1-14(2)12-18(21(27)22-3)24-20(26)16-10-7-11-17(13-16)23-19(25)15-8-5-4-6-9-15/h7,10-11,13-15,18H,4-6,8-9,12H2,1-3H3,(H,22,27)(H,23,25)(H,24,26). The SMILES string of the molecule is CNC(=O)C(CC(C)C)NC(=O)c1cccc(NC(=O)C2CCCCC2)c1. The van der Waals surface area contributed by atoms with Crippen LogP contribution in [0.4, 0.5) is 5.69 Å². The van der Waals surface area contributed by atoms with E-state index in [4.69, 9.17) is 0 Å². The smallest absolute Gasteiger partial charge is 0.252 e. The Morgan fingerprint density at radius 2 is 1.81 bits per heavy atom. The lowest BCUT2D eigenvalue weighted by atomic mass is 9.88. The van der Waals surface area contributed by atoms with Gasteiger partial charge in [0.25, 0.3) is 5.91 Å². The lowest BCUT2D eigenvalue weighted by Gasteiger charge is -2.21. The summed E-state index contributed by atoms with van der Waals surface area (Å²) in [5, 5.41) is 8.31. The largest absolute Gasteiger partial charge is 0.357 e. The second-order valence-electron chi connectivity index (χ2n) is 7.67. The molecule has 0 heterocycles. The molecular formula is C21H31N3O3. The van der Waals surface area contributed by atoms with E-state index in [1.807, 2.05) is 13.8 Å². The minimum atomic E-state index is -0.581. The summed E-state index contributed by atoms with van der Waals surface area (Å²) in [6.45, 7) is 4.01. The van der Waals surface area contributed by atoms with Gasteiger partial charge in [0, 0.05) is 24.2 Å². The van der Waals surface area contributed by atoms with E-state index in [1.54, 1.807) is 31.3 Å². The summed E-state index contributed by atoms with van der Waals surface area (Å²) >= 11 is 0. The molecule has 0 bridgehead atoms. The molecule has 1 aromatic rings. The van der Waals surface area contributed by atoms with Crippen molar-refractivity contribution in [3.05, 3.63) is 29.8 Å². The molecule has 2 rings (SSSR count). The van der Waals surface area contributed by atoms with Gasteiger partial charge in [-0.05, 0) is 43.4 Å². The zero-order valence-electron chi connectivity index (χ0n) is 16.5. The van der Waals surface area contributed by atoms with Crippen LogP contribution < -0.4 is 16.0 Å². The van der Waals surface area contributed by atoms with E-state index in [2.05, 4.69) is 16.0 Å². The number of amides is 3. The molecule has 0 aromatic heterocycles. The second-order valence-corrected chi connectivity index (χ2v) is 7.67. The van der Waals surface area contributed by atoms with Crippen molar-refractivity contribution in [3.8, 4) is 0 Å². The number of benzene rings is 1. The summed E-state index contributed by atoms with van der Waals surface area (Å²) in [6, 6.07) is 6.28. The summed E-state index contributed by atoms with van der Waals surface area (Å²) in [4.78, 5) is 37.0. The van der Waals surface area contributed by atoms with Crippen LogP contribution in [0.5, 0.6) is 0 Å². The lowest BCUT2D eigenvalue weighted by Crippen LogP contribution is -2.46. The van der Waals surface area contributed by atoms with Crippen molar-refractivity contribution < 1.29 is 14.4 Å². The number of carbonyl (C=O) groups is 3. The van der Waals surface area contributed by atoms with Gasteiger partial charge in [0.1, 0.15) is 6.04 Å². The minimum absolute atomic E-state index is 0.0234. The number of anilines is 1. The molecule has 27 heavy (non-hydrogen) atoms. The molecule has 3 N–H and O–H groups in total. The number of hydrogen-bond acceptors (Lipinski definition) is 3. The first-order valence-corrected chi connectivity index (χ1v) is 9.84. The first kappa shape index (κ1) is 20.9. The van der Waals surface area contributed by atoms with Gasteiger partial charge in [-0.1, -0.05) is 39.2 Å². The molecule has 1 aromatic carbocycles. The van der Waals surface area contributed by atoms with Gasteiger partial charge in [-0.2, -0.15) is 0 Å². The molecule has 0 saturated heterocycles. The predicted molar refractivity (Wildman–Crippen MR) is 106 cm³/mol. The summed E-state index contributed by atoms with van der Waals surface area (Å²) in [6.07, 6.45) is 5.80. The number of likely N-dealkylation sites (N-methyl/N-ethyl adjacent to an activating group) is 1. The van der Waals surface area contributed by atoms with Crippen molar-refractivity contribution >= 4 is 23.4 Å². The highest BCUT2D eigenvalue weighted by atomic mass is 16.2. The van der Waals surface area contributed by atoms with Crippen LogP contribution in [0.15, 0.2) is 24.3 Å².